The van der Waals surface area contributed by atoms with E-state index in [-0.39, 0.29) is 11.5 Å². The second-order valence-electron chi connectivity index (χ2n) is 4.50. The molecule has 1 aliphatic heterocycles. The quantitative estimate of drug-likeness (QED) is 0.600. The van der Waals surface area contributed by atoms with Gasteiger partial charge in [0.25, 0.3) is 15.7 Å². The number of ether oxygens (including phenoxy) is 2. The van der Waals surface area contributed by atoms with Crippen molar-refractivity contribution < 1.29 is 22.8 Å². The van der Waals surface area contributed by atoms with Crippen molar-refractivity contribution in [1.29, 1.82) is 0 Å². The molecule has 0 amide bonds. The molecule has 0 aromatic heterocycles. The van der Waals surface area contributed by atoms with Gasteiger partial charge < -0.3 is 9.47 Å². The molecular formula is C12H16N2O6S. The van der Waals surface area contributed by atoms with Crippen LogP contribution in [0.2, 0.25) is 0 Å². The Morgan fingerprint density at radius 3 is 2.71 bits per heavy atom. The summed E-state index contributed by atoms with van der Waals surface area (Å²) in [4.78, 5) is 9.97. The lowest BCUT2D eigenvalue weighted by atomic mass is 10.3. The van der Waals surface area contributed by atoms with Gasteiger partial charge in [-0.3, -0.25) is 10.1 Å². The lowest BCUT2D eigenvalue weighted by molar-refractivity contribution is -0.387. The SMILES string of the molecule is CC[C@@H]1COC(OC)N1S(=O)(=O)c1ccccc1[N+](=O)[O-]. The largest absolute Gasteiger partial charge is 0.342 e. The molecule has 1 saturated heterocycles. The number of benzene rings is 1. The first-order chi connectivity index (χ1) is 9.93. The number of hydrogen-bond acceptors (Lipinski definition) is 6. The predicted octanol–water partition coefficient (Wildman–Crippen LogP) is 1.32. The standard InChI is InChI=1S/C12H16N2O6S/c1-3-9-8-20-12(19-2)13(9)21(17,18)11-7-5-4-6-10(11)14(15)16/h4-7,9,12H,3,8H2,1-2H3/t9-,12?/m1/s1. The number of nitrogens with zero attached hydrogens (tertiary/aromatic N) is 2. The van der Waals surface area contributed by atoms with Crippen molar-refractivity contribution in [3.63, 3.8) is 0 Å². The zero-order valence-electron chi connectivity index (χ0n) is 11.6. The molecule has 1 aromatic carbocycles. The number of nitro groups is 1. The number of methoxy groups -OCH3 is 1. The van der Waals surface area contributed by atoms with E-state index in [9.17, 15) is 18.5 Å². The van der Waals surface area contributed by atoms with Crippen LogP contribution >= 0.6 is 0 Å². The van der Waals surface area contributed by atoms with Crippen LogP contribution in [0.1, 0.15) is 13.3 Å². The molecule has 9 heteroatoms. The maximum atomic E-state index is 12.8. The molecule has 2 atom stereocenters. The minimum atomic E-state index is -4.10. The minimum absolute atomic E-state index is 0.189. The summed E-state index contributed by atoms with van der Waals surface area (Å²) in [6.07, 6.45) is -0.556. The number of rotatable bonds is 5. The molecule has 21 heavy (non-hydrogen) atoms. The summed E-state index contributed by atoms with van der Waals surface area (Å²) in [6, 6.07) is 4.82. The molecule has 0 saturated carbocycles. The summed E-state index contributed by atoms with van der Waals surface area (Å²) in [6.45, 7) is 2.00. The Balaban J connectivity index is 2.53. The molecule has 0 N–H and O–H groups in total. The second kappa shape index (κ2) is 6.06. The number of nitro benzene ring substituents is 1. The molecule has 1 aliphatic rings. The fraction of sp³-hybridized carbons (Fsp3) is 0.500. The Labute approximate surface area is 122 Å². The average Bonchev–Trinajstić information content (AvgIpc) is 2.91. The highest BCUT2D eigenvalue weighted by atomic mass is 32.2. The van der Waals surface area contributed by atoms with E-state index in [1.807, 2.05) is 6.92 Å². The van der Waals surface area contributed by atoms with Gasteiger partial charge >= 0.3 is 0 Å². The van der Waals surface area contributed by atoms with E-state index >= 15 is 0 Å². The fourth-order valence-corrected chi connectivity index (χ4v) is 4.09. The lowest BCUT2D eigenvalue weighted by Gasteiger charge is -2.25. The number of sulfonamides is 1. The second-order valence-corrected chi connectivity index (χ2v) is 6.31. The Hall–Kier alpha value is -1.55. The minimum Gasteiger partial charge on any atom is -0.342 e. The van der Waals surface area contributed by atoms with Crippen LogP contribution in [-0.4, -0.2) is 43.8 Å². The zero-order valence-corrected chi connectivity index (χ0v) is 12.4. The first kappa shape index (κ1) is 15.8. The van der Waals surface area contributed by atoms with Crippen molar-refractivity contribution in [2.75, 3.05) is 13.7 Å². The molecule has 0 aliphatic carbocycles. The summed E-state index contributed by atoms with van der Waals surface area (Å²) < 4.78 is 36.9. The van der Waals surface area contributed by atoms with Crippen LogP contribution in [0.4, 0.5) is 5.69 Å². The van der Waals surface area contributed by atoms with Crippen LogP contribution in [0.3, 0.4) is 0 Å². The van der Waals surface area contributed by atoms with Crippen molar-refractivity contribution in [3.8, 4) is 0 Å². The summed E-state index contributed by atoms with van der Waals surface area (Å²) >= 11 is 0. The van der Waals surface area contributed by atoms with E-state index in [1.165, 1.54) is 25.3 Å². The van der Waals surface area contributed by atoms with Crippen LogP contribution in [0, 0.1) is 10.1 Å². The van der Waals surface area contributed by atoms with Crippen molar-refractivity contribution >= 4 is 15.7 Å². The van der Waals surface area contributed by atoms with Gasteiger partial charge in [0, 0.05) is 13.2 Å². The molecule has 0 bridgehead atoms. The maximum absolute atomic E-state index is 12.8. The summed E-state index contributed by atoms with van der Waals surface area (Å²) in [5.41, 5.74) is -0.464. The van der Waals surface area contributed by atoms with E-state index in [4.69, 9.17) is 9.47 Å². The van der Waals surface area contributed by atoms with E-state index in [1.54, 1.807) is 0 Å². The highest BCUT2D eigenvalue weighted by Crippen LogP contribution is 2.32. The Morgan fingerprint density at radius 2 is 2.14 bits per heavy atom. The van der Waals surface area contributed by atoms with Gasteiger partial charge in [-0.1, -0.05) is 19.1 Å². The molecule has 1 heterocycles. The van der Waals surface area contributed by atoms with Gasteiger partial charge in [0.15, 0.2) is 4.90 Å². The van der Waals surface area contributed by atoms with Crippen LogP contribution in [0.15, 0.2) is 29.2 Å². The van der Waals surface area contributed by atoms with Gasteiger partial charge in [0.1, 0.15) is 0 Å². The Morgan fingerprint density at radius 1 is 1.48 bits per heavy atom. The first-order valence-electron chi connectivity index (χ1n) is 6.34. The number of hydrogen-bond donors (Lipinski definition) is 0. The topological polar surface area (TPSA) is 99.0 Å². The summed E-state index contributed by atoms with van der Waals surface area (Å²) in [5.74, 6) is 0. The molecule has 1 aromatic rings. The fourth-order valence-electron chi connectivity index (χ4n) is 2.23. The van der Waals surface area contributed by atoms with E-state index in [0.29, 0.717) is 6.42 Å². The number of para-hydroxylation sites is 1. The summed E-state index contributed by atoms with van der Waals surface area (Å²) in [5, 5.41) is 11.0. The predicted molar refractivity (Wildman–Crippen MR) is 72.9 cm³/mol. The summed E-state index contributed by atoms with van der Waals surface area (Å²) in [7, 11) is -2.77. The Bertz CT molecular complexity index is 620. The molecular weight excluding hydrogens is 300 g/mol. The van der Waals surface area contributed by atoms with Crippen molar-refractivity contribution in [2.45, 2.75) is 30.7 Å². The van der Waals surface area contributed by atoms with Gasteiger partial charge in [-0.15, -0.1) is 4.31 Å². The monoisotopic (exact) mass is 316 g/mol. The van der Waals surface area contributed by atoms with Gasteiger partial charge in [-0.25, -0.2) is 8.42 Å². The van der Waals surface area contributed by atoms with Gasteiger partial charge in [-0.2, -0.15) is 0 Å². The van der Waals surface area contributed by atoms with Crippen LogP contribution in [0.5, 0.6) is 0 Å². The van der Waals surface area contributed by atoms with Gasteiger partial charge in [0.05, 0.1) is 17.6 Å². The molecule has 0 radical (unpaired) electrons. The highest BCUT2D eigenvalue weighted by Gasteiger charge is 2.45. The molecule has 116 valence electrons. The third-order valence-electron chi connectivity index (χ3n) is 3.29. The molecule has 1 unspecified atom stereocenters. The molecule has 8 nitrogen and oxygen atoms in total. The van der Waals surface area contributed by atoms with Gasteiger partial charge in [-0.05, 0) is 12.5 Å². The normalized spacial score (nSPS) is 23.3. The lowest BCUT2D eigenvalue weighted by Crippen LogP contribution is -2.42. The average molecular weight is 316 g/mol. The third kappa shape index (κ3) is 2.77. The van der Waals surface area contributed by atoms with Crippen LogP contribution in [-0.2, 0) is 19.5 Å². The third-order valence-corrected chi connectivity index (χ3v) is 5.22. The van der Waals surface area contributed by atoms with E-state index in [0.717, 1.165) is 10.4 Å². The van der Waals surface area contributed by atoms with Crippen molar-refractivity contribution in [3.05, 3.63) is 34.4 Å². The van der Waals surface area contributed by atoms with Gasteiger partial charge in [0.2, 0.25) is 6.41 Å². The Kier molecular flexibility index (Phi) is 4.57. The maximum Gasteiger partial charge on any atom is 0.289 e. The smallest absolute Gasteiger partial charge is 0.289 e. The molecule has 1 fully saturated rings. The van der Waals surface area contributed by atoms with Crippen LogP contribution < -0.4 is 0 Å². The molecule has 2 rings (SSSR count). The first-order valence-corrected chi connectivity index (χ1v) is 7.78. The molecule has 0 spiro atoms. The zero-order chi connectivity index (χ0) is 15.6. The van der Waals surface area contributed by atoms with Crippen LogP contribution in [0.25, 0.3) is 0 Å². The van der Waals surface area contributed by atoms with Crippen molar-refractivity contribution in [1.82, 2.24) is 4.31 Å². The highest BCUT2D eigenvalue weighted by molar-refractivity contribution is 7.89. The van der Waals surface area contributed by atoms with Crippen molar-refractivity contribution in [2.24, 2.45) is 0 Å². The van der Waals surface area contributed by atoms with E-state index in [2.05, 4.69) is 0 Å². The van der Waals surface area contributed by atoms with E-state index < -0.39 is 33.1 Å².